The number of thioether (sulfide) groups is 1. The molecule has 0 saturated heterocycles. The minimum atomic E-state index is -0.793. The van der Waals surface area contributed by atoms with Gasteiger partial charge in [0.2, 0.25) is 0 Å². The van der Waals surface area contributed by atoms with Crippen LogP contribution in [0.15, 0.2) is 37.4 Å². The Morgan fingerprint density at radius 2 is 2.10 bits per heavy atom. The zero-order valence-electron chi connectivity index (χ0n) is 17.0. The van der Waals surface area contributed by atoms with Crippen molar-refractivity contribution in [1.29, 1.82) is 0 Å². The van der Waals surface area contributed by atoms with Crippen LogP contribution in [0.1, 0.15) is 46.3 Å². The number of anilines is 1. The molecule has 1 aliphatic rings. The van der Waals surface area contributed by atoms with E-state index in [0.29, 0.717) is 0 Å². The van der Waals surface area contributed by atoms with Gasteiger partial charge in [-0.1, -0.05) is 23.9 Å². The number of nitrogens with one attached hydrogen (secondary N) is 1. The monoisotopic (exact) mass is 443 g/mol. The Kier molecular flexibility index (Phi) is 5.68. The fraction of sp³-hybridized carbons (Fsp3) is 0.350. The number of H-pyrrole nitrogens is 1. The van der Waals surface area contributed by atoms with Crippen molar-refractivity contribution in [1.82, 2.24) is 19.7 Å². The first kappa shape index (κ1) is 20.9. The Morgan fingerprint density at radius 1 is 1.32 bits per heavy atom. The molecule has 2 aromatic heterocycles. The Labute approximate surface area is 180 Å². The fourth-order valence-electron chi connectivity index (χ4n) is 3.09. The third kappa shape index (κ3) is 4.55. The van der Waals surface area contributed by atoms with Crippen LogP contribution in [0.5, 0.6) is 5.75 Å². The second-order valence-electron chi connectivity index (χ2n) is 7.35. The molecule has 31 heavy (non-hydrogen) atoms. The molecule has 4 rings (SSSR count). The largest absolute Gasteiger partial charge is 0.484 e. The summed E-state index contributed by atoms with van der Waals surface area (Å²) in [6.07, 6.45) is 1.57. The number of aromatic nitrogens is 4. The van der Waals surface area contributed by atoms with Gasteiger partial charge in [-0.05, 0) is 43.9 Å². The van der Waals surface area contributed by atoms with Crippen LogP contribution in [0.25, 0.3) is 0 Å². The number of hydrogen-bond acceptors (Lipinski definition) is 9. The number of rotatable bonds is 8. The van der Waals surface area contributed by atoms with Gasteiger partial charge in [0.15, 0.2) is 12.4 Å². The van der Waals surface area contributed by atoms with Gasteiger partial charge in [-0.25, -0.2) is 4.79 Å². The highest BCUT2D eigenvalue weighted by atomic mass is 32.2. The number of nitrogen functional groups attached to an aromatic ring is 1. The van der Waals surface area contributed by atoms with Crippen molar-refractivity contribution >= 4 is 23.4 Å². The van der Waals surface area contributed by atoms with Gasteiger partial charge >= 0.3 is 5.69 Å². The topological polar surface area (TPSA) is 146 Å². The predicted molar refractivity (Wildman–Crippen MR) is 114 cm³/mol. The lowest BCUT2D eigenvalue weighted by molar-refractivity contribution is 0.102. The van der Waals surface area contributed by atoms with Gasteiger partial charge in [-0.15, -0.1) is 10.2 Å². The van der Waals surface area contributed by atoms with Crippen molar-refractivity contribution in [2.24, 2.45) is 0 Å². The van der Waals surface area contributed by atoms with Gasteiger partial charge in [-0.3, -0.25) is 19.1 Å². The Hall–Kier alpha value is -3.34. The highest BCUT2D eigenvalue weighted by molar-refractivity contribution is 7.99. The zero-order chi connectivity index (χ0) is 22.1. The molecular weight excluding hydrogens is 422 g/mol. The standard InChI is InChI=1S/C20H21N5O5S/c1-10-3-4-11(2)14(7-10)29-8-15-23-24-20(30-15)31-9-13(26)16-17(21)25(12-5-6-12)19(28)22-18(16)27/h3-4,7,12H,5-6,8-9,21H2,1-2H3,(H,22,27,28). The molecule has 0 aliphatic heterocycles. The molecule has 3 N–H and O–H groups in total. The van der Waals surface area contributed by atoms with Gasteiger partial charge in [0.1, 0.15) is 17.1 Å². The summed E-state index contributed by atoms with van der Waals surface area (Å²) in [7, 11) is 0. The van der Waals surface area contributed by atoms with E-state index in [1.54, 1.807) is 0 Å². The molecule has 10 nitrogen and oxygen atoms in total. The molecular formula is C20H21N5O5S. The van der Waals surface area contributed by atoms with Gasteiger partial charge in [-0.2, -0.15) is 0 Å². The molecule has 0 amide bonds. The number of ketones is 1. The number of aromatic amines is 1. The van der Waals surface area contributed by atoms with Crippen molar-refractivity contribution in [3.63, 3.8) is 0 Å². The van der Waals surface area contributed by atoms with Crippen molar-refractivity contribution in [3.8, 4) is 5.75 Å². The van der Waals surface area contributed by atoms with E-state index < -0.39 is 17.0 Å². The number of nitrogens with two attached hydrogens (primary N) is 1. The molecule has 11 heteroatoms. The average Bonchev–Trinajstić information content (AvgIpc) is 3.44. The summed E-state index contributed by atoms with van der Waals surface area (Å²) >= 11 is 0.982. The van der Waals surface area contributed by atoms with Crippen molar-refractivity contribution in [3.05, 3.63) is 61.6 Å². The molecule has 0 unspecified atom stereocenters. The van der Waals surface area contributed by atoms with E-state index in [2.05, 4.69) is 15.2 Å². The van der Waals surface area contributed by atoms with Gasteiger partial charge in [0, 0.05) is 6.04 Å². The number of carbonyl (C=O) groups is 1. The van der Waals surface area contributed by atoms with Crippen LogP contribution in [0.3, 0.4) is 0 Å². The van der Waals surface area contributed by atoms with Crippen molar-refractivity contribution in [2.45, 2.75) is 44.6 Å². The summed E-state index contributed by atoms with van der Waals surface area (Å²) in [6.45, 7) is 4.00. The first-order chi connectivity index (χ1) is 14.8. The molecule has 0 radical (unpaired) electrons. The number of ether oxygens (including phenoxy) is 1. The van der Waals surface area contributed by atoms with E-state index in [1.807, 2.05) is 32.0 Å². The second-order valence-corrected chi connectivity index (χ2v) is 8.28. The molecule has 1 aromatic carbocycles. The lowest BCUT2D eigenvalue weighted by Gasteiger charge is -2.10. The first-order valence-electron chi connectivity index (χ1n) is 9.66. The predicted octanol–water partition coefficient (Wildman–Crippen LogP) is 2.01. The van der Waals surface area contributed by atoms with Gasteiger partial charge < -0.3 is 14.9 Å². The Balaban J connectivity index is 1.40. The SMILES string of the molecule is Cc1ccc(C)c(OCc2nnc(SCC(=O)c3c(N)n(C4CC4)c(=O)[nH]c3=O)o2)c1. The van der Waals surface area contributed by atoms with E-state index in [0.717, 1.165) is 41.5 Å². The maximum Gasteiger partial charge on any atom is 0.330 e. The van der Waals surface area contributed by atoms with E-state index in [-0.39, 0.29) is 40.9 Å². The minimum Gasteiger partial charge on any atom is -0.484 e. The maximum atomic E-state index is 12.6. The second kappa shape index (κ2) is 8.42. The summed E-state index contributed by atoms with van der Waals surface area (Å²) in [5.41, 5.74) is 6.41. The molecule has 0 spiro atoms. The van der Waals surface area contributed by atoms with E-state index in [9.17, 15) is 14.4 Å². The Bertz CT molecular complexity index is 1260. The van der Waals surface area contributed by atoms with E-state index in [4.69, 9.17) is 14.9 Å². The lowest BCUT2D eigenvalue weighted by Crippen LogP contribution is -2.36. The lowest BCUT2D eigenvalue weighted by atomic mass is 10.1. The molecule has 1 saturated carbocycles. The molecule has 0 bridgehead atoms. The Morgan fingerprint density at radius 3 is 2.84 bits per heavy atom. The quantitative estimate of drug-likeness (QED) is 0.394. The molecule has 1 fully saturated rings. The number of benzene rings is 1. The van der Waals surface area contributed by atoms with Gasteiger partial charge in [0.05, 0.1) is 5.75 Å². The van der Waals surface area contributed by atoms with Crippen molar-refractivity contribution in [2.75, 3.05) is 11.5 Å². The van der Waals surface area contributed by atoms with Crippen LogP contribution < -0.4 is 21.7 Å². The third-order valence-electron chi connectivity index (χ3n) is 4.84. The smallest absolute Gasteiger partial charge is 0.330 e. The van der Waals surface area contributed by atoms with Crippen LogP contribution in [-0.4, -0.2) is 31.3 Å². The minimum absolute atomic E-state index is 0.0703. The van der Waals surface area contributed by atoms with Crippen LogP contribution in [0.4, 0.5) is 5.82 Å². The van der Waals surface area contributed by atoms with Crippen LogP contribution in [0.2, 0.25) is 0 Å². The zero-order valence-corrected chi connectivity index (χ0v) is 17.8. The number of nitrogens with zero attached hydrogens (tertiary/aromatic N) is 3. The normalized spacial score (nSPS) is 13.4. The summed E-state index contributed by atoms with van der Waals surface area (Å²) in [4.78, 5) is 38.9. The van der Waals surface area contributed by atoms with Crippen LogP contribution in [-0.2, 0) is 6.61 Å². The summed E-state index contributed by atoms with van der Waals surface area (Å²) in [6, 6.07) is 5.81. The first-order valence-corrected chi connectivity index (χ1v) is 10.6. The number of hydrogen-bond donors (Lipinski definition) is 2. The van der Waals surface area contributed by atoms with Crippen LogP contribution >= 0.6 is 11.8 Å². The third-order valence-corrected chi connectivity index (χ3v) is 5.66. The summed E-state index contributed by atoms with van der Waals surface area (Å²) in [5, 5.41) is 7.97. The molecule has 0 atom stereocenters. The van der Waals surface area contributed by atoms with Crippen molar-refractivity contribution < 1.29 is 13.9 Å². The highest BCUT2D eigenvalue weighted by Gasteiger charge is 2.30. The summed E-state index contributed by atoms with van der Waals surface area (Å²) < 4.78 is 12.5. The number of carbonyl (C=O) groups excluding carboxylic acids is 1. The fourth-order valence-corrected chi connectivity index (χ4v) is 3.74. The molecule has 1 aliphatic carbocycles. The molecule has 3 aromatic rings. The van der Waals surface area contributed by atoms with E-state index >= 15 is 0 Å². The number of Topliss-reactive ketones (excluding diaryl/α,β-unsaturated/α-hetero) is 1. The molecule has 2 heterocycles. The highest BCUT2D eigenvalue weighted by Crippen LogP contribution is 2.35. The van der Waals surface area contributed by atoms with E-state index in [1.165, 1.54) is 4.57 Å². The van der Waals surface area contributed by atoms with Gasteiger partial charge in [0.25, 0.3) is 16.7 Å². The maximum absolute atomic E-state index is 12.6. The molecule has 162 valence electrons. The number of aryl methyl sites for hydroxylation is 2. The summed E-state index contributed by atoms with van der Waals surface area (Å²) in [5.74, 6) is 0.216. The van der Waals surface area contributed by atoms with Crippen LogP contribution in [0, 0.1) is 13.8 Å². The average molecular weight is 443 g/mol.